The van der Waals surface area contributed by atoms with Gasteiger partial charge in [0.25, 0.3) is 0 Å². The van der Waals surface area contributed by atoms with Crippen molar-refractivity contribution < 1.29 is 4.74 Å². The zero-order valence-electron chi connectivity index (χ0n) is 9.77. The van der Waals surface area contributed by atoms with Gasteiger partial charge in [-0.15, -0.1) is 0 Å². The number of anilines is 1. The molecule has 1 N–H and O–H groups in total. The van der Waals surface area contributed by atoms with E-state index >= 15 is 0 Å². The molecule has 1 heterocycles. The molecule has 0 unspecified atom stereocenters. The molecule has 0 aliphatic heterocycles. The number of nitrogens with zero attached hydrogens (tertiary/aromatic N) is 2. The molecule has 1 aromatic carbocycles. The number of benzene rings is 1. The van der Waals surface area contributed by atoms with Crippen LogP contribution in [0.3, 0.4) is 0 Å². The van der Waals surface area contributed by atoms with Gasteiger partial charge in [-0.25, -0.2) is 4.98 Å². The molecule has 0 fully saturated rings. The van der Waals surface area contributed by atoms with Crippen LogP contribution in [0.4, 0.5) is 5.69 Å². The second kappa shape index (κ2) is 5.10. The van der Waals surface area contributed by atoms with Crippen LogP contribution in [-0.4, -0.2) is 16.7 Å². The molecular weight excluding hydrogens is 238 g/mol. The van der Waals surface area contributed by atoms with Gasteiger partial charge in [-0.3, -0.25) is 0 Å². The van der Waals surface area contributed by atoms with Gasteiger partial charge >= 0.3 is 0 Å². The topological polar surface area (TPSA) is 39.1 Å². The lowest BCUT2D eigenvalue weighted by Crippen LogP contribution is -2.06. The number of nitrogens with one attached hydrogen (secondary N) is 1. The van der Waals surface area contributed by atoms with Crippen molar-refractivity contribution in [2.75, 3.05) is 12.4 Å². The van der Waals surface area contributed by atoms with Gasteiger partial charge in [0.05, 0.1) is 24.4 Å². The lowest BCUT2D eigenvalue weighted by atomic mass is 10.3. The zero-order valence-corrected chi connectivity index (χ0v) is 10.5. The van der Waals surface area contributed by atoms with Gasteiger partial charge in [-0.2, -0.15) is 0 Å². The van der Waals surface area contributed by atoms with Crippen molar-refractivity contribution in [2.24, 2.45) is 7.05 Å². The fourth-order valence-corrected chi connectivity index (χ4v) is 1.69. The second-order valence-electron chi connectivity index (χ2n) is 3.65. The molecule has 2 aromatic rings. The number of imidazole rings is 1. The summed E-state index contributed by atoms with van der Waals surface area (Å²) in [5.74, 6) is 1.72. The first kappa shape index (κ1) is 11.8. The second-order valence-corrected chi connectivity index (χ2v) is 4.06. The van der Waals surface area contributed by atoms with Gasteiger partial charge in [0.1, 0.15) is 11.6 Å². The molecule has 0 amide bonds. The number of halogens is 1. The van der Waals surface area contributed by atoms with E-state index in [9.17, 15) is 0 Å². The van der Waals surface area contributed by atoms with Crippen molar-refractivity contribution in [1.29, 1.82) is 0 Å². The standard InChI is InChI=1S/C12H14ClN3O/c1-16-6-5-14-12(16)8-15-11-7-9(17-2)3-4-10(11)13/h3-7,15H,8H2,1-2H3. The van der Waals surface area contributed by atoms with E-state index < -0.39 is 0 Å². The van der Waals surface area contributed by atoms with Gasteiger partial charge in [-0.05, 0) is 12.1 Å². The Hall–Kier alpha value is -1.68. The number of hydrogen-bond acceptors (Lipinski definition) is 3. The molecule has 0 bridgehead atoms. The van der Waals surface area contributed by atoms with Crippen LogP contribution in [0.15, 0.2) is 30.6 Å². The fraction of sp³-hybridized carbons (Fsp3) is 0.250. The summed E-state index contributed by atoms with van der Waals surface area (Å²) < 4.78 is 7.11. The predicted molar refractivity (Wildman–Crippen MR) is 68.5 cm³/mol. The summed E-state index contributed by atoms with van der Waals surface area (Å²) in [6, 6.07) is 5.50. The third-order valence-electron chi connectivity index (χ3n) is 2.53. The molecule has 0 atom stereocenters. The van der Waals surface area contributed by atoms with Crippen LogP contribution in [-0.2, 0) is 13.6 Å². The molecule has 0 spiro atoms. The molecular formula is C12H14ClN3O. The van der Waals surface area contributed by atoms with Crippen molar-refractivity contribution in [1.82, 2.24) is 9.55 Å². The predicted octanol–water partition coefficient (Wildman–Crippen LogP) is 2.69. The highest BCUT2D eigenvalue weighted by Crippen LogP contribution is 2.26. The van der Waals surface area contributed by atoms with E-state index in [1.807, 2.05) is 29.9 Å². The Bertz CT molecular complexity index is 510. The Morgan fingerprint density at radius 2 is 2.29 bits per heavy atom. The first-order chi connectivity index (χ1) is 8.20. The molecule has 0 saturated carbocycles. The van der Waals surface area contributed by atoms with Gasteiger partial charge in [-0.1, -0.05) is 11.6 Å². The van der Waals surface area contributed by atoms with Crippen molar-refractivity contribution in [3.8, 4) is 5.75 Å². The third-order valence-corrected chi connectivity index (χ3v) is 2.86. The first-order valence-electron chi connectivity index (χ1n) is 5.24. The van der Waals surface area contributed by atoms with Gasteiger partial charge in [0, 0.05) is 25.5 Å². The van der Waals surface area contributed by atoms with Crippen LogP contribution in [0.1, 0.15) is 5.82 Å². The van der Waals surface area contributed by atoms with E-state index in [0.717, 1.165) is 17.3 Å². The maximum absolute atomic E-state index is 6.09. The minimum Gasteiger partial charge on any atom is -0.497 e. The van der Waals surface area contributed by atoms with E-state index in [2.05, 4.69) is 10.3 Å². The molecule has 0 aliphatic rings. The van der Waals surface area contributed by atoms with Crippen molar-refractivity contribution >= 4 is 17.3 Å². The Labute approximate surface area is 105 Å². The van der Waals surface area contributed by atoms with Gasteiger partial charge in [0.2, 0.25) is 0 Å². The molecule has 0 saturated heterocycles. The van der Waals surface area contributed by atoms with Crippen LogP contribution >= 0.6 is 11.6 Å². The monoisotopic (exact) mass is 251 g/mol. The van der Waals surface area contributed by atoms with Crippen molar-refractivity contribution in [3.05, 3.63) is 41.4 Å². The number of aromatic nitrogens is 2. The molecule has 4 nitrogen and oxygen atoms in total. The number of aryl methyl sites for hydroxylation is 1. The maximum Gasteiger partial charge on any atom is 0.127 e. The average molecular weight is 252 g/mol. The summed E-state index contributed by atoms with van der Waals surface area (Å²) in [6.07, 6.45) is 3.67. The normalized spacial score (nSPS) is 10.3. The summed E-state index contributed by atoms with van der Waals surface area (Å²) >= 11 is 6.09. The van der Waals surface area contributed by atoms with Gasteiger partial charge in [0.15, 0.2) is 0 Å². The van der Waals surface area contributed by atoms with Crippen LogP contribution in [0.25, 0.3) is 0 Å². The SMILES string of the molecule is COc1ccc(Cl)c(NCc2nccn2C)c1. The van der Waals surface area contributed by atoms with Crippen molar-refractivity contribution in [2.45, 2.75) is 6.54 Å². The van der Waals surface area contributed by atoms with E-state index in [4.69, 9.17) is 16.3 Å². The number of hydrogen-bond donors (Lipinski definition) is 1. The van der Waals surface area contributed by atoms with Crippen molar-refractivity contribution in [3.63, 3.8) is 0 Å². The Morgan fingerprint density at radius 3 is 2.94 bits per heavy atom. The van der Waals surface area contributed by atoms with Crippen LogP contribution in [0.5, 0.6) is 5.75 Å². The molecule has 2 rings (SSSR count). The summed E-state index contributed by atoms with van der Waals surface area (Å²) in [5, 5.41) is 3.90. The largest absolute Gasteiger partial charge is 0.497 e. The molecule has 0 radical (unpaired) electrons. The number of ether oxygens (including phenoxy) is 1. The zero-order chi connectivity index (χ0) is 12.3. The highest BCUT2D eigenvalue weighted by atomic mass is 35.5. The fourth-order valence-electron chi connectivity index (χ4n) is 1.51. The Kier molecular flexibility index (Phi) is 3.54. The Morgan fingerprint density at radius 1 is 1.47 bits per heavy atom. The minimum absolute atomic E-state index is 0.621. The van der Waals surface area contributed by atoms with E-state index in [1.54, 1.807) is 19.4 Å². The Balaban J connectivity index is 2.11. The number of methoxy groups -OCH3 is 1. The van der Waals surface area contributed by atoms with Gasteiger partial charge < -0.3 is 14.6 Å². The highest BCUT2D eigenvalue weighted by Gasteiger charge is 2.04. The summed E-state index contributed by atoms with van der Waals surface area (Å²) in [6.45, 7) is 0.621. The van der Waals surface area contributed by atoms with Crippen LogP contribution < -0.4 is 10.1 Å². The van der Waals surface area contributed by atoms with E-state index in [-0.39, 0.29) is 0 Å². The highest BCUT2D eigenvalue weighted by molar-refractivity contribution is 6.33. The average Bonchev–Trinajstić information content (AvgIpc) is 2.74. The van der Waals surface area contributed by atoms with Crippen LogP contribution in [0, 0.1) is 0 Å². The lowest BCUT2D eigenvalue weighted by molar-refractivity contribution is 0.415. The van der Waals surface area contributed by atoms with E-state index in [1.165, 1.54) is 0 Å². The third kappa shape index (κ3) is 2.71. The summed E-state index contributed by atoms with van der Waals surface area (Å²) in [7, 11) is 3.59. The minimum atomic E-state index is 0.621. The molecule has 17 heavy (non-hydrogen) atoms. The summed E-state index contributed by atoms with van der Waals surface area (Å²) in [4.78, 5) is 4.23. The molecule has 1 aromatic heterocycles. The summed E-state index contributed by atoms with van der Waals surface area (Å²) in [5.41, 5.74) is 0.842. The quantitative estimate of drug-likeness (QED) is 0.908. The van der Waals surface area contributed by atoms with E-state index in [0.29, 0.717) is 11.6 Å². The number of rotatable bonds is 4. The first-order valence-corrected chi connectivity index (χ1v) is 5.62. The maximum atomic E-state index is 6.09. The molecule has 0 aliphatic carbocycles. The smallest absolute Gasteiger partial charge is 0.127 e. The molecule has 5 heteroatoms. The molecule has 90 valence electrons. The van der Waals surface area contributed by atoms with Crippen LogP contribution in [0.2, 0.25) is 5.02 Å². The lowest BCUT2D eigenvalue weighted by Gasteiger charge is -2.10.